The lowest BCUT2D eigenvalue weighted by Gasteiger charge is -1.96. The lowest BCUT2D eigenvalue weighted by atomic mass is 10.3. The molecule has 90 valence electrons. The SMILES string of the molecule is CCCc1nc2cc(NN)ccc2[nH]1.Cl.Cl. The van der Waals surface area contributed by atoms with Crippen LogP contribution in [0.25, 0.3) is 11.0 Å². The van der Waals surface area contributed by atoms with Crippen molar-refractivity contribution >= 4 is 41.5 Å². The van der Waals surface area contributed by atoms with Crippen molar-refractivity contribution in [2.75, 3.05) is 5.43 Å². The number of benzene rings is 1. The Morgan fingerprint density at radius 1 is 1.38 bits per heavy atom. The van der Waals surface area contributed by atoms with Crippen LogP contribution < -0.4 is 11.3 Å². The first kappa shape index (κ1) is 15.0. The van der Waals surface area contributed by atoms with Crippen molar-refractivity contribution in [2.24, 2.45) is 5.84 Å². The zero-order valence-corrected chi connectivity index (χ0v) is 10.6. The molecule has 16 heavy (non-hydrogen) atoms. The first-order valence-electron chi connectivity index (χ1n) is 4.78. The van der Waals surface area contributed by atoms with Crippen LogP contribution in [0.1, 0.15) is 19.2 Å². The molecule has 0 bridgehead atoms. The lowest BCUT2D eigenvalue weighted by Crippen LogP contribution is -2.05. The van der Waals surface area contributed by atoms with E-state index in [-0.39, 0.29) is 24.8 Å². The third-order valence-corrected chi connectivity index (χ3v) is 2.19. The summed E-state index contributed by atoms with van der Waals surface area (Å²) in [6, 6.07) is 5.85. The number of aryl methyl sites for hydroxylation is 1. The third kappa shape index (κ3) is 3.01. The summed E-state index contributed by atoms with van der Waals surface area (Å²) in [7, 11) is 0. The van der Waals surface area contributed by atoms with Crippen LogP contribution in [0.15, 0.2) is 18.2 Å². The number of aromatic nitrogens is 2. The van der Waals surface area contributed by atoms with Gasteiger partial charge in [0, 0.05) is 6.42 Å². The van der Waals surface area contributed by atoms with Crippen molar-refractivity contribution in [2.45, 2.75) is 19.8 Å². The summed E-state index contributed by atoms with van der Waals surface area (Å²) in [5.74, 6) is 6.36. The molecule has 0 amide bonds. The normalized spacial score (nSPS) is 9.38. The zero-order valence-electron chi connectivity index (χ0n) is 8.99. The van der Waals surface area contributed by atoms with Crippen LogP contribution in [0.3, 0.4) is 0 Å². The molecule has 0 aliphatic heterocycles. The van der Waals surface area contributed by atoms with Crippen molar-refractivity contribution in [3.05, 3.63) is 24.0 Å². The number of hydrazine groups is 1. The average molecular weight is 263 g/mol. The monoisotopic (exact) mass is 262 g/mol. The summed E-state index contributed by atoms with van der Waals surface area (Å²) in [5, 5.41) is 0. The fourth-order valence-corrected chi connectivity index (χ4v) is 1.50. The molecule has 0 fully saturated rings. The van der Waals surface area contributed by atoms with Crippen molar-refractivity contribution in [1.29, 1.82) is 0 Å². The second kappa shape index (κ2) is 6.58. The highest BCUT2D eigenvalue weighted by Crippen LogP contribution is 2.16. The fourth-order valence-electron chi connectivity index (χ4n) is 1.50. The van der Waals surface area contributed by atoms with Gasteiger partial charge in [-0.25, -0.2) is 4.98 Å². The molecule has 0 saturated heterocycles. The number of halogens is 2. The molecule has 0 spiro atoms. The van der Waals surface area contributed by atoms with E-state index in [0.29, 0.717) is 0 Å². The Morgan fingerprint density at radius 2 is 2.12 bits per heavy atom. The van der Waals surface area contributed by atoms with Gasteiger partial charge in [-0.15, -0.1) is 24.8 Å². The molecule has 0 saturated carbocycles. The molecule has 0 aliphatic rings. The minimum absolute atomic E-state index is 0. The largest absolute Gasteiger partial charge is 0.342 e. The number of nitrogens with one attached hydrogen (secondary N) is 2. The van der Waals surface area contributed by atoms with Gasteiger partial charge < -0.3 is 10.4 Å². The van der Waals surface area contributed by atoms with Gasteiger partial charge >= 0.3 is 0 Å². The van der Waals surface area contributed by atoms with Crippen LogP contribution in [-0.4, -0.2) is 9.97 Å². The zero-order chi connectivity index (χ0) is 9.97. The Bertz CT molecular complexity index is 441. The summed E-state index contributed by atoms with van der Waals surface area (Å²) in [5.41, 5.74) is 5.51. The molecule has 0 aliphatic carbocycles. The van der Waals surface area contributed by atoms with E-state index in [1.165, 1.54) is 0 Å². The second-order valence-corrected chi connectivity index (χ2v) is 3.31. The van der Waals surface area contributed by atoms with Gasteiger partial charge in [-0.1, -0.05) is 6.92 Å². The van der Waals surface area contributed by atoms with Gasteiger partial charge in [0.05, 0.1) is 16.7 Å². The number of H-pyrrole nitrogens is 1. The number of fused-ring (bicyclic) bond motifs is 1. The van der Waals surface area contributed by atoms with Crippen molar-refractivity contribution in [3.8, 4) is 0 Å². The van der Waals surface area contributed by atoms with E-state index in [4.69, 9.17) is 5.84 Å². The van der Waals surface area contributed by atoms with Crippen molar-refractivity contribution in [1.82, 2.24) is 9.97 Å². The number of nitrogen functional groups attached to an aromatic ring is 1. The molecule has 1 aromatic heterocycles. The van der Waals surface area contributed by atoms with Crippen LogP contribution in [-0.2, 0) is 6.42 Å². The smallest absolute Gasteiger partial charge is 0.107 e. The standard InChI is InChI=1S/C10H14N4.2ClH/c1-2-3-10-12-8-5-4-7(14-11)6-9(8)13-10;;/h4-6,14H,2-3,11H2,1H3,(H,12,13);2*1H. The highest BCUT2D eigenvalue weighted by molar-refractivity contribution is 5.85. The molecule has 1 aromatic carbocycles. The number of nitrogens with zero attached hydrogens (tertiary/aromatic N) is 1. The predicted octanol–water partition coefficient (Wildman–Crippen LogP) is 2.64. The molecule has 1 heterocycles. The van der Waals surface area contributed by atoms with Crippen LogP contribution in [0.2, 0.25) is 0 Å². The third-order valence-electron chi connectivity index (χ3n) is 2.19. The second-order valence-electron chi connectivity index (χ2n) is 3.31. The van der Waals surface area contributed by atoms with Crippen LogP contribution >= 0.6 is 24.8 Å². The minimum atomic E-state index is 0. The number of anilines is 1. The molecule has 4 N–H and O–H groups in total. The molecule has 4 nitrogen and oxygen atoms in total. The van der Waals surface area contributed by atoms with E-state index in [0.717, 1.165) is 35.4 Å². The van der Waals surface area contributed by atoms with Gasteiger partial charge in [0.2, 0.25) is 0 Å². The number of aromatic amines is 1. The highest BCUT2D eigenvalue weighted by atomic mass is 35.5. The summed E-state index contributed by atoms with van der Waals surface area (Å²) in [4.78, 5) is 7.73. The Balaban J connectivity index is 0.00000112. The predicted molar refractivity (Wildman–Crippen MR) is 72.4 cm³/mol. The first-order chi connectivity index (χ1) is 6.83. The molecular formula is C10H16Cl2N4. The van der Waals surface area contributed by atoms with E-state index >= 15 is 0 Å². The lowest BCUT2D eigenvalue weighted by molar-refractivity contribution is 0.861. The van der Waals surface area contributed by atoms with E-state index in [1.807, 2.05) is 18.2 Å². The van der Waals surface area contributed by atoms with Crippen LogP contribution in [0, 0.1) is 0 Å². The first-order valence-corrected chi connectivity index (χ1v) is 4.78. The van der Waals surface area contributed by atoms with E-state index in [9.17, 15) is 0 Å². The van der Waals surface area contributed by atoms with Gasteiger partial charge in [-0.2, -0.15) is 0 Å². The Morgan fingerprint density at radius 3 is 2.75 bits per heavy atom. The van der Waals surface area contributed by atoms with Gasteiger partial charge in [-0.3, -0.25) is 5.84 Å². The molecular weight excluding hydrogens is 247 g/mol. The summed E-state index contributed by atoms with van der Waals surface area (Å²) in [6.45, 7) is 2.14. The Labute approximate surface area is 107 Å². The maximum absolute atomic E-state index is 5.32. The van der Waals surface area contributed by atoms with E-state index in [1.54, 1.807) is 0 Å². The Hall–Kier alpha value is -0.970. The number of nitrogens with two attached hydrogens (primary N) is 1. The maximum atomic E-state index is 5.32. The average Bonchev–Trinajstić information content (AvgIpc) is 2.59. The van der Waals surface area contributed by atoms with Gasteiger partial charge in [-0.05, 0) is 24.6 Å². The van der Waals surface area contributed by atoms with Gasteiger partial charge in [0.25, 0.3) is 0 Å². The summed E-state index contributed by atoms with van der Waals surface area (Å²) >= 11 is 0. The number of hydrogen-bond acceptors (Lipinski definition) is 3. The van der Waals surface area contributed by atoms with Crippen molar-refractivity contribution < 1.29 is 0 Å². The number of imidazole rings is 1. The molecule has 0 unspecified atom stereocenters. The van der Waals surface area contributed by atoms with Crippen LogP contribution in [0.5, 0.6) is 0 Å². The number of hydrogen-bond donors (Lipinski definition) is 3. The van der Waals surface area contributed by atoms with E-state index in [2.05, 4.69) is 22.3 Å². The molecule has 0 atom stereocenters. The molecule has 2 rings (SSSR count). The van der Waals surface area contributed by atoms with E-state index < -0.39 is 0 Å². The minimum Gasteiger partial charge on any atom is -0.342 e. The topological polar surface area (TPSA) is 66.7 Å². The maximum Gasteiger partial charge on any atom is 0.107 e. The molecule has 0 radical (unpaired) electrons. The summed E-state index contributed by atoms with van der Waals surface area (Å²) in [6.07, 6.45) is 2.09. The quantitative estimate of drug-likeness (QED) is 0.589. The fraction of sp³-hybridized carbons (Fsp3) is 0.300. The van der Waals surface area contributed by atoms with Gasteiger partial charge in [0.1, 0.15) is 5.82 Å². The van der Waals surface area contributed by atoms with Crippen molar-refractivity contribution in [3.63, 3.8) is 0 Å². The molecule has 2 aromatic rings. The summed E-state index contributed by atoms with van der Waals surface area (Å²) < 4.78 is 0. The highest BCUT2D eigenvalue weighted by Gasteiger charge is 2.01. The van der Waals surface area contributed by atoms with Gasteiger partial charge in [0.15, 0.2) is 0 Å². The number of rotatable bonds is 3. The Kier molecular flexibility index (Phi) is 6.18. The molecule has 6 heteroatoms. The van der Waals surface area contributed by atoms with Crippen LogP contribution in [0.4, 0.5) is 5.69 Å².